The van der Waals surface area contributed by atoms with Gasteiger partial charge in [0.2, 0.25) is 0 Å². The van der Waals surface area contributed by atoms with E-state index in [0.29, 0.717) is 13.1 Å². The number of nitrogens with one attached hydrogen (secondary N) is 1. The quantitative estimate of drug-likeness (QED) is 0.913. The van der Waals surface area contributed by atoms with Crippen molar-refractivity contribution in [2.45, 2.75) is 26.4 Å². The Balaban J connectivity index is 2.08. The summed E-state index contributed by atoms with van der Waals surface area (Å²) in [6, 6.07) is 7.95. The monoisotopic (exact) mass is 294 g/mol. The lowest BCUT2D eigenvalue weighted by atomic mass is 10.2. The maximum atomic E-state index is 13.3. The smallest absolute Gasteiger partial charge is 0.250 e. The first-order valence-electron chi connectivity index (χ1n) is 6.48. The van der Waals surface area contributed by atoms with Crippen molar-refractivity contribution in [3.8, 4) is 0 Å². The number of benzene rings is 1. The largest absolute Gasteiger partial charge is 0.380 e. The molecule has 0 amide bonds. The molecule has 3 nitrogen and oxygen atoms in total. The van der Waals surface area contributed by atoms with E-state index >= 15 is 0 Å². The molecule has 106 valence electrons. The second kappa shape index (κ2) is 6.57. The van der Waals surface area contributed by atoms with E-state index < -0.39 is 5.82 Å². The maximum Gasteiger partial charge on any atom is 0.250 e. The Hall–Kier alpha value is -1.81. The molecule has 5 heteroatoms. The Kier molecular flexibility index (Phi) is 4.79. The molecule has 0 saturated heterocycles. The lowest BCUT2D eigenvalue weighted by molar-refractivity contribution is 0.626. The van der Waals surface area contributed by atoms with Crippen molar-refractivity contribution in [3.63, 3.8) is 0 Å². The summed E-state index contributed by atoms with van der Waals surface area (Å²) in [6.07, 6.45) is 2.67. The summed E-state index contributed by atoms with van der Waals surface area (Å²) >= 11 is 5.64. The van der Waals surface area contributed by atoms with Crippen molar-refractivity contribution < 1.29 is 4.39 Å². The summed E-state index contributed by atoms with van der Waals surface area (Å²) in [5, 5.41) is 3.28. The van der Waals surface area contributed by atoms with Gasteiger partial charge in [0.1, 0.15) is 5.82 Å². The molecule has 20 heavy (non-hydrogen) atoms. The fourth-order valence-corrected chi connectivity index (χ4v) is 2.02. The predicted molar refractivity (Wildman–Crippen MR) is 79.7 cm³/mol. The number of pyridine rings is 1. The SMILES string of the molecule is CCCn1cc(NCc2ccc(Cl)c(F)c2)ccc1=O. The van der Waals surface area contributed by atoms with Crippen LogP contribution in [0.1, 0.15) is 18.9 Å². The third-order valence-electron chi connectivity index (χ3n) is 2.93. The maximum absolute atomic E-state index is 13.3. The summed E-state index contributed by atoms with van der Waals surface area (Å²) in [5.74, 6) is -0.429. The molecular formula is C15H16ClFN2O. The summed E-state index contributed by atoms with van der Waals surface area (Å²) < 4.78 is 15.0. The minimum atomic E-state index is -0.429. The molecule has 0 unspecified atom stereocenters. The first-order valence-corrected chi connectivity index (χ1v) is 6.86. The molecule has 0 aliphatic rings. The minimum Gasteiger partial charge on any atom is -0.380 e. The zero-order valence-electron chi connectivity index (χ0n) is 11.2. The standard InChI is InChI=1S/C15H16ClFN2O/c1-2-7-19-10-12(4-6-15(19)20)18-9-11-3-5-13(16)14(17)8-11/h3-6,8,10,18H,2,7,9H2,1H3. The van der Waals surface area contributed by atoms with Crippen LogP contribution in [0.4, 0.5) is 10.1 Å². The van der Waals surface area contributed by atoms with Crippen LogP contribution in [0, 0.1) is 5.82 Å². The Labute approximate surface area is 122 Å². The Morgan fingerprint density at radius 2 is 2.10 bits per heavy atom. The first kappa shape index (κ1) is 14.6. The molecule has 0 aliphatic heterocycles. The fraction of sp³-hybridized carbons (Fsp3) is 0.267. The highest BCUT2D eigenvalue weighted by molar-refractivity contribution is 6.30. The van der Waals surface area contributed by atoms with E-state index in [1.54, 1.807) is 22.9 Å². The summed E-state index contributed by atoms with van der Waals surface area (Å²) in [6.45, 7) is 3.17. The lowest BCUT2D eigenvalue weighted by Gasteiger charge is -2.10. The van der Waals surface area contributed by atoms with Gasteiger partial charge in [-0.15, -0.1) is 0 Å². The van der Waals surface area contributed by atoms with Crippen molar-refractivity contribution in [2.75, 3.05) is 5.32 Å². The van der Waals surface area contributed by atoms with Crippen LogP contribution in [0.3, 0.4) is 0 Å². The van der Waals surface area contributed by atoms with Gasteiger partial charge in [-0.1, -0.05) is 24.6 Å². The van der Waals surface area contributed by atoms with Crippen molar-refractivity contribution in [2.24, 2.45) is 0 Å². The second-order valence-electron chi connectivity index (χ2n) is 4.55. The van der Waals surface area contributed by atoms with Gasteiger partial charge in [-0.3, -0.25) is 4.79 Å². The molecule has 2 aromatic rings. The molecule has 0 radical (unpaired) electrons. The number of hydrogen-bond donors (Lipinski definition) is 1. The molecule has 2 rings (SSSR count). The number of aryl methyl sites for hydroxylation is 1. The normalized spacial score (nSPS) is 10.6. The molecule has 1 aromatic carbocycles. The molecule has 1 heterocycles. The van der Waals surface area contributed by atoms with Crippen LogP contribution in [0.25, 0.3) is 0 Å². The minimum absolute atomic E-state index is 0.0186. The van der Waals surface area contributed by atoms with Crippen molar-refractivity contribution in [3.05, 3.63) is 63.3 Å². The molecule has 1 N–H and O–H groups in total. The van der Waals surface area contributed by atoms with Gasteiger partial charge in [0.15, 0.2) is 0 Å². The number of anilines is 1. The number of aromatic nitrogens is 1. The second-order valence-corrected chi connectivity index (χ2v) is 4.96. The van der Waals surface area contributed by atoms with Gasteiger partial charge in [-0.05, 0) is 30.2 Å². The average molecular weight is 295 g/mol. The van der Waals surface area contributed by atoms with Crippen LogP contribution in [-0.2, 0) is 13.1 Å². The fourth-order valence-electron chi connectivity index (χ4n) is 1.91. The number of rotatable bonds is 5. The van der Waals surface area contributed by atoms with Crippen LogP contribution >= 0.6 is 11.6 Å². The molecule has 0 bridgehead atoms. The Morgan fingerprint density at radius 3 is 2.80 bits per heavy atom. The molecule has 0 aliphatic carbocycles. The van der Waals surface area contributed by atoms with Crippen LogP contribution in [0.15, 0.2) is 41.3 Å². The highest BCUT2D eigenvalue weighted by atomic mass is 35.5. The van der Waals surface area contributed by atoms with Gasteiger partial charge in [-0.25, -0.2) is 4.39 Å². The first-order chi connectivity index (χ1) is 9.60. The molecule has 0 saturated carbocycles. The van der Waals surface area contributed by atoms with Crippen molar-refractivity contribution in [1.82, 2.24) is 4.57 Å². The van der Waals surface area contributed by atoms with Crippen molar-refractivity contribution in [1.29, 1.82) is 0 Å². The predicted octanol–water partition coefficient (Wildman–Crippen LogP) is 3.66. The van der Waals surface area contributed by atoms with Gasteiger partial charge < -0.3 is 9.88 Å². The topological polar surface area (TPSA) is 34.0 Å². The van der Waals surface area contributed by atoms with E-state index in [-0.39, 0.29) is 10.6 Å². The number of hydrogen-bond acceptors (Lipinski definition) is 2. The van der Waals surface area contributed by atoms with Crippen LogP contribution in [0.2, 0.25) is 5.02 Å². The summed E-state index contributed by atoms with van der Waals surface area (Å²) in [7, 11) is 0. The molecule has 0 fully saturated rings. The molecule has 1 aromatic heterocycles. The zero-order valence-corrected chi connectivity index (χ0v) is 12.0. The number of nitrogens with zero attached hydrogens (tertiary/aromatic N) is 1. The van der Waals surface area contributed by atoms with E-state index in [4.69, 9.17) is 11.6 Å². The number of halogens is 2. The summed E-state index contributed by atoms with van der Waals surface area (Å²) in [5.41, 5.74) is 1.60. The van der Waals surface area contributed by atoms with E-state index in [1.165, 1.54) is 18.2 Å². The third kappa shape index (κ3) is 3.61. The molecule has 0 spiro atoms. The van der Waals surface area contributed by atoms with Crippen molar-refractivity contribution >= 4 is 17.3 Å². The van der Waals surface area contributed by atoms with Gasteiger partial charge in [0, 0.05) is 25.4 Å². The van der Waals surface area contributed by atoms with Gasteiger partial charge in [0.05, 0.1) is 10.7 Å². The highest BCUT2D eigenvalue weighted by Crippen LogP contribution is 2.16. The summed E-state index contributed by atoms with van der Waals surface area (Å²) in [4.78, 5) is 11.6. The van der Waals surface area contributed by atoms with Gasteiger partial charge in [0.25, 0.3) is 5.56 Å². The molecule has 0 atom stereocenters. The van der Waals surface area contributed by atoms with Gasteiger partial charge >= 0.3 is 0 Å². The van der Waals surface area contributed by atoms with E-state index in [9.17, 15) is 9.18 Å². The van der Waals surface area contributed by atoms with Crippen LogP contribution in [0.5, 0.6) is 0 Å². The van der Waals surface area contributed by atoms with Crippen LogP contribution < -0.4 is 10.9 Å². The highest BCUT2D eigenvalue weighted by Gasteiger charge is 2.02. The van der Waals surface area contributed by atoms with E-state index in [0.717, 1.165) is 17.7 Å². The third-order valence-corrected chi connectivity index (χ3v) is 3.24. The molecular weight excluding hydrogens is 279 g/mol. The Morgan fingerprint density at radius 1 is 1.30 bits per heavy atom. The van der Waals surface area contributed by atoms with Gasteiger partial charge in [-0.2, -0.15) is 0 Å². The van der Waals surface area contributed by atoms with Crippen LogP contribution in [-0.4, -0.2) is 4.57 Å². The lowest BCUT2D eigenvalue weighted by Crippen LogP contribution is -2.18. The van der Waals surface area contributed by atoms with E-state index in [2.05, 4.69) is 5.32 Å². The Bertz CT molecular complexity index is 655. The zero-order chi connectivity index (χ0) is 14.5. The average Bonchev–Trinajstić information content (AvgIpc) is 2.43. The van der Waals surface area contributed by atoms with E-state index in [1.807, 2.05) is 6.92 Å².